The Labute approximate surface area is 165 Å². The summed E-state index contributed by atoms with van der Waals surface area (Å²) in [4.78, 5) is 14.5. The zero-order valence-corrected chi connectivity index (χ0v) is 16.3. The van der Waals surface area contributed by atoms with Crippen molar-refractivity contribution in [3.8, 4) is 0 Å². The SMILES string of the molecule is NC1CCCN(C(=O)C2CC2)C1COC1CCC(c2c(F)cccc2F)CC1. The Morgan fingerprint density at radius 2 is 1.75 bits per heavy atom. The van der Waals surface area contributed by atoms with Gasteiger partial charge in [-0.3, -0.25) is 4.79 Å². The maximum atomic E-state index is 14.0. The third kappa shape index (κ3) is 4.23. The monoisotopic (exact) mass is 392 g/mol. The van der Waals surface area contributed by atoms with Crippen molar-refractivity contribution in [1.82, 2.24) is 4.90 Å². The molecule has 154 valence electrons. The fourth-order valence-electron chi connectivity index (χ4n) is 4.79. The summed E-state index contributed by atoms with van der Waals surface area (Å²) in [5.41, 5.74) is 6.54. The number of halogens is 2. The summed E-state index contributed by atoms with van der Waals surface area (Å²) in [5.74, 6) is -0.564. The molecular weight excluding hydrogens is 362 g/mol. The van der Waals surface area contributed by atoms with E-state index in [0.29, 0.717) is 19.4 Å². The van der Waals surface area contributed by atoms with Gasteiger partial charge in [0.1, 0.15) is 11.6 Å². The van der Waals surface area contributed by atoms with Gasteiger partial charge in [-0.2, -0.15) is 0 Å². The Bertz CT molecular complexity index is 682. The lowest BCUT2D eigenvalue weighted by Crippen LogP contribution is -2.57. The summed E-state index contributed by atoms with van der Waals surface area (Å²) >= 11 is 0. The van der Waals surface area contributed by atoms with Crippen LogP contribution in [0.15, 0.2) is 18.2 Å². The summed E-state index contributed by atoms with van der Waals surface area (Å²) in [6.45, 7) is 1.24. The summed E-state index contributed by atoms with van der Waals surface area (Å²) in [7, 11) is 0. The van der Waals surface area contributed by atoms with E-state index in [1.807, 2.05) is 4.90 Å². The second-order valence-electron chi connectivity index (χ2n) is 8.62. The molecule has 1 heterocycles. The molecule has 2 atom stereocenters. The van der Waals surface area contributed by atoms with Gasteiger partial charge in [0.15, 0.2) is 0 Å². The Morgan fingerprint density at radius 1 is 1.07 bits per heavy atom. The van der Waals surface area contributed by atoms with E-state index in [0.717, 1.165) is 45.1 Å². The number of amides is 1. The minimum Gasteiger partial charge on any atom is -0.376 e. The highest BCUT2D eigenvalue weighted by Crippen LogP contribution is 2.37. The fourth-order valence-corrected chi connectivity index (χ4v) is 4.79. The molecule has 4 nitrogen and oxygen atoms in total. The number of piperidine rings is 1. The van der Waals surface area contributed by atoms with Gasteiger partial charge < -0.3 is 15.4 Å². The molecule has 2 saturated carbocycles. The lowest BCUT2D eigenvalue weighted by Gasteiger charge is -2.41. The molecule has 1 aliphatic heterocycles. The first-order valence-corrected chi connectivity index (χ1v) is 10.7. The standard InChI is InChI=1S/C22H30F2N2O2/c23-17-3-1-4-18(24)21(17)14-8-10-16(11-9-14)28-13-20-19(25)5-2-12-26(20)22(27)15-6-7-15/h1,3-4,14-16,19-20H,2,5-13,25H2. The molecular formula is C22H30F2N2O2. The van der Waals surface area contributed by atoms with Crippen molar-refractivity contribution in [2.24, 2.45) is 11.7 Å². The van der Waals surface area contributed by atoms with Crippen molar-refractivity contribution >= 4 is 5.91 Å². The number of nitrogens with zero attached hydrogens (tertiary/aromatic N) is 1. The van der Waals surface area contributed by atoms with Crippen molar-refractivity contribution in [3.63, 3.8) is 0 Å². The molecule has 3 aliphatic rings. The number of hydrogen-bond acceptors (Lipinski definition) is 3. The van der Waals surface area contributed by atoms with E-state index >= 15 is 0 Å². The van der Waals surface area contributed by atoms with Gasteiger partial charge >= 0.3 is 0 Å². The van der Waals surface area contributed by atoms with Gasteiger partial charge in [0, 0.05) is 24.1 Å². The number of carbonyl (C=O) groups excluding carboxylic acids is 1. The number of rotatable bonds is 5. The lowest BCUT2D eigenvalue weighted by atomic mass is 9.82. The first kappa shape index (κ1) is 19.8. The molecule has 0 aromatic heterocycles. The van der Waals surface area contributed by atoms with Gasteiger partial charge in [-0.25, -0.2) is 8.78 Å². The average Bonchev–Trinajstić information content (AvgIpc) is 3.52. The predicted octanol–water partition coefficient (Wildman–Crippen LogP) is 3.74. The van der Waals surface area contributed by atoms with Crippen molar-refractivity contribution in [2.45, 2.75) is 75.5 Å². The summed E-state index contributed by atoms with van der Waals surface area (Å²) in [5, 5.41) is 0. The first-order valence-electron chi connectivity index (χ1n) is 10.7. The minimum atomic E-state index is -0.452. The topological polar surface area (TPSA) is 55.6 Å². The second-order valence-corrected chi connectivity index (χ2v) is 8.62. The van der Waals surface area contributed by atoms with Crippen LogP contribution >= 0.6 is 0 Å². The van der Waals surface area contributed by atoms with Gasteiger partial charge in [-0.05, 0) is 69.4 Å². The predicted molar refractivity (Wildman–Crippen MR) is 103 cm³/mol. The normalized spacial score (nSPS) is 31.0. The molecule has 1 saturated heterocycles. The smallest absolute Gasteiger partial charge is 0.226 e. The van der Waals surface area contributed by atoms with Crippen LogP contribution < -0.4 is 5.73 Å². The van der Waals surface area contributed by atoms with Crippen LogP contribution in [0.3, 0.4) is 0 Å². The summed E-state index contributed by atoms with van der Waals surface area (Å²) in [6, 6.07) is 3.97. The van der Waals surface area contributed by atoms with Crippen LogP contribution in [0.25, 0.3) is 0 Å². The van der Waals surface area contributed by atoms with Gasteiger partial charge in [-0.1, -0.05) is 6.07 Å². The highest BCUT2D eigenvalue weighted by atomic mass is 19.1. The first-order chi connectivity index (χ1) is 13.5. The van der Waals surface area contributed by atoms with E-state index in [1.165, 1.54) is 18.2 Å². The van der Waals surface area contributed by atoms with Gasteiger partial charge in [0.25, 0.3) is 0 Å². The van der Waals surface area contributed by atoms with E-state index in [-0.39, 0.29) is 41.5 Å². The molecule has 2 unspecified atom stereocenters. The van der Waals surface area contributed by atoms with E-state index in [9.17, 15) is 13.6 Å². The zero-order valence-electron chi connectivity index (χ0n) is 16.3. The molecule has 0 bridgehead atoms. The molecule has 1 aromatic rings. The fraction of sp³-hybridized carbons (Fsp3) is 0.682. The Hall–Kier alpha value is -1.53. The van der Waals surface area contributed by atoms with Gasteiger partial charge in [-0.15, -0.1) is 0 Å². The summed E-state index contributed by atoms with van der Waals surface area (Å²) < 4.78 is 34.2. The van der Waals surface area contributed by atoms with Crippen LogP contribution in [0, 0.1) is 17.6 Å². The van der Waals surface area contributed by atoms with E-state index in [4.69, 9.17) is 10.5 Å². The van der Waals surface area contributed by atoms with E-state index in [1.54, 1.807) is 0 Å². The molecule has 6 heteroatoms. The molecule has 2 N–H and O–H groups in total. The van der Waals surface area contributed by atoms with Crippen LogP contribution in [-0.4, -0.2) is 42.1 Å². The van der Waals surface area contributed by atoms with Crippen LogP contribution in [0.1, 0.15) is 62.8 Å². The maximum absolute atomic E-state index is 14.0. The van der Waals surface area contributed by atoms with Crippen LogP contribution in [0.5, 0.6) is 0 Å². The molecule has 0 radical (unpaired) electrons. The van der Waals surface area contributed by atoms with Gasteiger partial charge in [0.2, 0.25) is 5.91 Å². The average molecular weight is 392 g/mol. The Morgan fingerprint density at radius 3 is 2.39 bits per heavy atom. The third-order valence-electron chi connectivity index (χ3n) is 6.63. The second kappa shape index (κ2) is 8.46. The summed E-state index contributed by atoms with van der Waals surface area (Å²) in [6.07, 6.45) is 6.90. The minimum absolute atomic E-state index is 0.0414. The number of hydrogen-bond donors (Lipinski definition) is 1. The molecule has 2 aliphatic carbocycles. The van der Waals surface area contributed by atoms with Crippen LogP contribution in [0.2, 0.25) is 0 Å². The Kier molecular flexibility index (Phi) is 5.97. The highest BCUT2D eigenvalue weighted by molar-refractivity contribution is 5.81. The van der Waals surface area contributed by atoms with Gasteiger partial charge in [0.05, 0.1) is 18.8 Å². The van der Waals surface area contributed by atoms with E-state index in [2.05, 4.69) is 0 Å². The molecule has 0 spiro atoms. The molecule has 4 rings (SSSR count). The van der Waals surface area contributed by atoms with Crippen LogP contribution in [0.4, 0.5) is 8.78 Å². The maximum Gasteiger partial charge on any atom is 0.226 e. The number of ether oxygens (including phenoxy) is 1. The number of likely N-dealkylation sites (tertiary alicyclic amines) is 1. The van der Waals surface area contributed by atoms with Crippen molar-refractivity contribution in [1.29, 1.82) is 0 Å². The highest BCUT2D eigenvalue weighted by Gasteiger charge is 2.40. The zero-order chi connectivity index (χ0) is 19.7. The quantitative estimate of drug-likeness (QED) is 0.831. The van der Waals surface area contributed by atoms with Crippen molar-refractivity contribution in [3.05, 3.63) is 35.4 Å². The molecule has 1 amide bonds. The lowest BCUT2D eigenvalue weighted by molar-refractivity contribution is -0.139. The molecule has 28 heavy (non-hydrogen) atoms. The van der Waals surface area contributed by atoms with Crippen molar-refractivity contribution in [2.75, 3.05) is 13.2 Å². The third-order valence-corrected chi connectivity index (χ3v) is 6.63. The molecule has 1 aromatic carbocycles. The van der Waals surface area contributed by atoms with Crippen molar-refractivity contribution < 1.29 is 18.3 Å². The van der Waals surface area contributed by atoms with Crippen LogP contribution in [-0.2, 0) is 9.53 Å². The number of carbonyl (C=O) groups is 1. The Balaban J connectivity index is 1.31. The largest absolute Gasteiger partial charge is 0.376 e. The number of nitrogens with two attached hydrogens (primary N) is 1. The molecule has 3 fully saturated rings. The van der Waals surface area contributed by atoms with E-state index < -0.39 is 11.6 Å². The number of benzene rings is 1.